The third-order valence-corrected chi connectivity index (χ3v) is 5.47. The summed E-state index contributed by atoms with van der Waals surface area (Å²) in [7, 11) is 4.08. The van der Waals surface area contributed by atoms with Gasteiger partial charge in [-0.3, -0.25) is 4.99 Å². The molecule has 1 N–H and O–H groups in total. The van der Waals surface area contributed by atoms with E-state index in [4.69, 9.17) is 9.84 Å². The largest absolute Gasteiger partial charge is 0.489 e. The van der Waals surface area contributed by atoms with Crippen molar-refractivity contribution in [2.24, 2.45) is 9.98 Å². The van der Waals surface area contributed by atoms with Crippen LogP contribution < -0.4 is 0 Å². The molecule has 0 amide bonds. The van der Waals surface area contributed by atoms with Gasteiger partial charge < -0.3 is 14.7 Å². The topological polar surface area (TPSA) is 74.5 Å². The van der Waals surface area contributed by atoms with Crippen LogP contribution in [0, 0.1) is 0 Å². The molecular weight excluding hydrogens is 346 g/mol. The molecule has 0 spiro atoms. The summed E-state index contributed by atoms with van der Waals surface area (Å²) in [5, 5.41) is 10.5. The van der Waals surface area contributed by atoms with Crippen LogP contribution in [-0.2, 0) is 9.53 Å². The van der Waals surface area contributed by atoms with Crippen molar-refractivity contribution >= 4 is 39.6 Å². The van der Waals surface area contributed by atoms with Gasteiger partial charge in [0.1, 0.15) is 15.8 Å². The van der Waals surface area contributed by atoms with Crippen LogP contribution in [0.3, 0.4) is 0 Å². The minimum absolute atomic E-state index is 0.0963. The molecule has 1 unspecified atom stereocenters. The minimum Gasteiger partial charge on any atom is -0.489 e. The molecule has 0 aromatic rings. The monoisotopic (exact) mass is 369 g/mol. The molecule has 2 rings (SSSR count). The van der Waals surface area contributed by atoms with Crippen LogP contribution in [0.5, 0.6) is 0 Å². The van der Waals surface area contributed by atoms with Crippen molar-refractivity contribution in [3.8, 4) is 0 Å². The van der Waals surface area contributed by atoms with Crippen molar-refractivity contribution in [2.75, 3.05) is 26.4 Å². The number of allylic oxidation sites excluding steroid dienone is 2. The van der Waals surface area contributed by atoms with E-state index in [1.54, 1.807) is 6.20 Å². The van der Waals surface area contributed by atoms with Crippen molar-refractivity contribution < 1.29 is 14.6 Å². The van der Waals surface area contributed by atoms with Gasteiger partial charge in [-0.1, -0.05) is 11.8 Å². The Hall–Kier alpha value is -1.25. The Bertz CT molecular complexity index is 612. The van der Waals surface area contributed by atoms with Gasteiger partial charge in [0.25, 0.3) is 0 Å². The molecule has 0 aliphatic carbocycles. The second kappa shape index (κ2) is 8.73. The molecule has 6 nitrogen and oxygen atoms in total. The Kier molecular flexibility index (Phi) is 6.94. The maximum atomic E-state index is 11.0. The fourth-order valence-electron chi connectivity index (χ4n) is 2.08. The Labute approximate surface area is 151 Å². The zero-order valence-electron chi connectivity index (χ0n) is 14.4. The van der Waals surface area contributed by atoms with Gasteiger partial charge in [0, 0.05) is 12.3 Å². The molecular formula is C16H23N3O3S2. The minimum atomic E-state index is -0.890. The van der Waals surface area contributed by atoms with Gasteiger partial charge in [0.05, 0.1) is 12.3 Å². The summed E-state index contributed by atoms with van der Waals surface area (Å²) in [4.78, 5) is 22.9. The van der Waals surface area contributed by atoms with Crippen molar-refractivity contribution in [1.82, 2.24) is 4.90 Å². The molecule has 0 fully saturated rings. The Balaban J connectivity index is 2.06. The third-order valence-electron chi connectivity index (χ3n) is 3.35. The number of nitrogens with zero attached hydrogens (tertiary/aromatic N) is 3. The number of ether oxygens (including phenoxy) is 1. The SMILES string of the molecule is CC1=CC(OC(C)CCN(C)C)=CN=C(C2=N[C@@H](C(=O)O)CS2)S1. The van der Waals surface area contributed by atoms with Crippen molar-refractivity contribution in [3.05, 3.63) is 22.9 Å². The van der Waals surface area contributed by atoms with Gasteiger partial charge in [0.2, 0.25) is 0 Å². The summed E-state index contributed by atoms with van der Waals surface area (Å²) in [6.45, 7) is 5.00. The van der Waals surface area contributed by atoms with E-state index in [9.17, 15) is 4.79 Å². The van der Waals surface area contributed by atoms with E-state index in [-0.39, 0.29) is 6.10 Å². The van der Waals surface area contributed by atoms with Gasteiger partial charge in [-0.15, -0.1) is 11.8 Å². The number of carbonyl (C=O) groups is 1. The van der Waals surface area contributed by atoms with E-state index in [2.05, 4.69) is 14.9 Å². The molecule has 0 bridgehead atoms. The van der Waals surface area contributed by atoms with Crippen LogP contribution in [0.15, 0.2) is 32.9 Å². The highest BCUT2D eigenvalue weighted by Gasteiger charge is 2.27. The van der Waals surface area contributed by atoms with Crippen LogP contribution in [0.2, 0.25) is 0 Å². The first-order valence-corrected chi connectivity index (χ1v) is 9.54. The lowest BCUT2D eigenvalue weighted by Gasteiger charge is -2.17. The second-order valence-electron chi connectivity index (χ2n) is 5.94. The quantitative estimate of drug-likeness (QED) is 0.744. The van der Waals surface area contributed by atoms with E-state index in [1.165, 1.54) is 23.5 Å². The van der Waals surface area contributed by atoms with E-state index in [0.29, 0.717) is 10.8 Å². The van der Waals surface area contributed by atoms with Gasteiger partial charge in [0.15, 0.2) is 6.04 Å². The molecule has 132 valence electrons. The lowest BCUT2D eigenvalue weighted by atomic mass is 10.2. The van der Waals surface area contributed by atoms with Crippen molar-refractivity contribution in [2.45, 2.75) is 32.4 Å². The van der Waals surface area contributed by atoms with Gasteiger partial charge in [-0.2, -0.15) is 0 Å². The number of hydrogen-bond donors (Lipinski definition) is 1. The first-order valence-electron chi connectivity index (χ1n) is 7.74. The Morgan fingerprint density at radius 3 is 2.88 bits per heavy atom. The summed E-state index contributed by atoms with van der Waals surface area (Å²) in [6.07, 6.45) is 4.69. The molecule has 2 heterocycles. The van der Waals surface area contributed by atoms with E-state index < -0.39 is 12.0 Å². The lowest BCUT2D eigenvalue weighted by molar-refractivity contribution is -0.137. The van der Waals surface area contributed by atoms with E-state index in [1.807, 2.05) is 34.0 Å². The van der Waals surface area contributed by atoms with Gasteiger partial charge >= 0.3 is 5.97 Å². The van der Waals surface area contributed by atoms with Crippen LogP contribution in [0.25, 0.3) is 0 Å². The zero-order valence-corrected chi connectivity index (χ0v) is 16.0. The van der Waals surface area contributed by atoms with Gasteiger partial charge in [-0.25, -0.2) is 9.79 Å². The summed E-state index contributed by atoms with van der Waals surface area (Å²) < 4.78 is 5.96. The summed E-state index contributed by atoms with van der Waals surface area (Å²) in [6, 6.07) is -0.674. The summed E-state index contributed by atoms with van der Waals surface area (Å²) in [5.74, 6) is 0.291. The normalized spacial score (nSPS) is 22.3. The Morgan fingerprint density at radius 2 is 2.25 bits per heavy atom. The van der Waals surface area contributed by atoms with Crippen LogP contribution in [-0.4, -0.2) is 64.6 Å². The highest BCUT2D eigenvalue weighted by atomic mass is 32.2. The molecule has 24 heavy (non-hydrogen) atoms. The highest BCUT2D eigenvalue weighted by molar-refractivity contribution is 8.27. The molecule has 2 atom stereocenters. The number of aliphatic carboxylic acids is 1. The van der Waals surface area contributed by atoms with Crippen LogP contribution >= 0.6 is 23.5 Å². The van der Waals surface area contributed by atoms with Crippen LogP contribution in [0.1, 0.15) is 20.3 Å². The van der Waals surface area contributed by atoms with Gasteiger partial charge in [-0.05, 0) is 45.3 Å². The van der Waals surface area contributed by atoms with E-state index >= 15 is 0 Å². The number of thioether (sulfide) groups is 2. The average molecular weight is 370 g/mol. The molecule has 0 saturated carbocycles. The molecule has 0 aromatic carbocycles. The number of aliphatic imine (C=N–C) groups is 2. The first-order chi connectivity index (χ1) is 11.3. The number of carboxylic acid groups (broad SMARTS) is 1. The first kappa shape index (κ1) is 19.1. The number of rotatable bonds is 7. The molecule has 0 aromatic heterocycles. The fraction of sp³-hybridized carbons (Fsp3) is 0.562. The maximum absolute atomic E-state index is 11.0. The zero-order chi connectivity index (χ0) is 17.7. The second-order valence-corrected chi connectivity index (χ2v) is 8.19. The average Bonchev–Trinajstić information content (AvgIpc) is 2.92. The van der Waals surface area contributed by atoms with Crippen molar-refractivity contribution in [3.63, 3.8) is 0 Å². The molecule has 0 radical (unpaired) electrons. The molecule has 2 aliphatic rings. The smallest absolute Gasteiger partial charge is 0.329 e. The predicted molar refractivity (Wildman–Crippen MR) is 102 cm³/mol. The predicted octanol–water partition coefficient (Wildman–Crippen LogP) is 2.83. The van der Waals surface area contributed by atoms with Crippen LogP contribution in [0.4, 0.5) is 0 Å². The van der Waals surface area contributed by atoms with E-state index in [0.717, 1.165) is 28.7 Å². The number of hydrogen-bond acceptors (Lipinski definition) is 7. The number of carboxylic acids is 1. The molecule has 0 saturated heterocycles. The molecule has 2 aliphatic heterocycles. The fourth-order valence-corrected chi connectivity index (χ4v) is 4.02. The summed E-state index contributed by atoms with van der Waals surface area (Å²) >= 11 is 2.93. The third kappa shape index (κ3) is 5.68. The lowest BCUT2D eigenvalue weighted by Crippen LogP contribution is -2.19. The molecule has 8 heteroatoms. The summed E-state index contributed by atoms with van der Waals surface area (Å²) in [5.41, 5.74) is 0. The maximum Gasteiger partial charge on any atom is 0.329 e. The standard InChI is InChI=1S/C16H23N3O3S2/c1-10(5-6-19(3)4)22-12-7-11(2)24-14(17-8-12)15-18-13(9-23-15)16(20)21/h7-8,10,13H,5-6,9H2,1-4H3,(H,20,21)/t10?,13-/m1/s1. The Morgan fingerprint density at radius 1 is 1.50 bits per heavy atom. The van der Waals surface area contributed by atoms with Crippen molar-refractivity contribution in [1.29, 1.82) is 0 Å². The highest BCUT2D eigenvalue weighted by Crippen LogP contribution is 2.30.